The third-order valence-electron chi connectivity index (χ3n) is 6.70. The summed E-state index contributed by atoms with van der Waals surface area (Å²) in [5.41, 5.74) is 3.25. The number of rotatable bonds is 3. The predicted molar refractivity (Wildman–Crippen MR) is 130 cm³/mol. The summed E-state index contributed by atoms with van der Waals surface area (Å²) in [6, 6.07) is 15.4. The number of nitrogens with one attached hydrogen (secondary N) is 1. The normalized spacial score (nSPS) is 21.5. The molecule has 0 saturated carbocycles. The lowest BCUT2D eigenvalue weighted by molar-refractivity contribution is 0.295. The van der Waals surface area contributed by atoms with Gasteiger partial charge in [0.15, 0.2) is 5.75 Å². The zero-order valence-corrected chi connectivity index (χ0v) is 20.0. The molecule has 3 aliphatic heterocycles. The summed E-state index contributed by atoms with van der Waals surface area (Å²) >= 11 is 0. The molecular weight excluding hydrogens is 450 g/mol. The molecule has 0 bridgehead atoms. The third kappa shape index (κ3) is 2.97. The molecule has 0 amide bonds. The SMILES string of the molecule is CC1N=C2Oc3c(cc(S(=O)(=O)N(C)C)c4cccnc34)C(c3ccccc3)C2=C2NCCN21. The van der Waals surface area contributed by atoms with E-state index in [1.165, 1.54) is 4.31 Å². The van der Waals surface area contributed by atoms with Crippen LogP contribution in [0.2, 0.25) is 0 Å². The Labute approximate surface area is 198 Å². The molecule has 34 heavy (non-hydrogen) atoms. The lowest BCUT2D eigenvalue weighted by Gasteiger charge is -2.38. The van der Waals surface area contributed by atoms with E-state index in [-0.39, 0.29) is 17.0 Å². The number of aromatic nitrogens is 1. The Balaban J connectivity index is 1.73. The van der Waals surface area contributed by atoms with E-state index < -0.39 is 10.0 Å². The number of ether oxygens (including phenoxy) is 1. The first kappa shape index (κ1) is 21.1. The van der Waals surface area contributed by atoms with Gasteiger partial charge in [0.1, 0.15) is 17.5 Å². The Kier molecular flexibility index (Phi) is 4.69. The van der Waals surface area contributed by atoms with Crippen molar-refractivity contribution in [1.29, 1.82) is 0 Å². The van der Waals surface area contributed by atoms with E-state index in [1.807, 2.05) is 18.2 Å². The molecule has 2 atom stereocenters. The molecule has 0 radical (unpaired) electrons. The van der Waals surface area contributed by atoms with Crippen LogP contribution in [0.15, 0.2) is 76.0 Å². The fourth-order valence-electron chi connectivity index (χ4n) is 5.07. The van der Waals surface area contributed by atoms with Gasteiger partial charge in [0.25, 0.3) is 0 Å². The van der Waals surface area contributed by atoms with Crippen LogP contribution in [-0.2, 0) is 10.0 Å². The van der Waals surface area contributed by atoms with Crippen molar-refractivity contribution in [2.75, 3.05) is 27.2 Å². The predicted octanol–water partition coefficient (Wildman–Crippen LogP) is 2.88. The summed E-state index contributed by atoms with van der Waals surface area (Å²) in [4.78, 5) is 11.9. The number of nitrogens with zero attached hydrogens (tertiary/aromatic N) is 4. The van der Waals surface area contributed by atoms with E-state index in [9.17, 15) is 8.42 Å². The Morgan fingerprint density at radius 1 is 1.15 bits per heavy atom. The van der Waals surface area contributed by atoms with Crippen LogP contribution in [0.25, 0.3) is 10.9 Å². The average molecular weight is 476 g/mol. The number of fused-ring (bicyclic) bond motifs is 5. The number of pyridine rings is 1. The van der Waals surface area contributed by atoms with Gasteiger partial charge in [0, 0.05) is 50.2 Å². The van der Waals surface area contributed by atoms with E-state index in [1.54, 1.807) is 38.5 Å². The van der Waals surface area contributed by atoms with Crippen LogP contribution in [0.3, 0.4) is 0 Å². The molecule has 3 aromatic rings. The van der Waals surface area contributed by atoms with Crippen LogP contribution in [-0.4, -0.2) is 61.9 Å². The monoisotopic (exact) mass is 475 g/mol. The second-order valence-electron chi connectivity index (χ2n) is 8.87. The number of hydrogen-bond donors (Lipinski definition) is 1. The topological polar surface area (TPSA) is 87.1 Å². The summed E-state index contributed by atoms with van der Waals surface area (Å²) < 4.78 is 34.5. The molecule has 174 valence electrons. The molecule has 1 aromatic heterocycles. The molecule has 0 aliphatic carbocycles. The number of aliphatic imine (C=N–C) groups is 1. The molecule has 9 heteroatoms. The van der Waals surface area contributed by atoms with Crippen molar-refractivity contribution in [3.8, 4) is 5.75 Å². The van der Waals surface area contributed by atoms with Gasteiger partial charge in [-0.3, -0.25) is 4.98 Å². The van der Waals surface area contributed by atoms with Crippen LogP contribution in [0.1, 0.15) is 24.0 Å². The first-order valence-corrected chi connectivity index (χ1v) is 12.7. The quantitative estimate of drug-likeness (QED) is 0.627. The standard InChI is InChI=1S/C25H25N5O3S/c1-15-28-25-21(24-27-12-13-30(15)24)20(16-8-5-4-6-9-16)18-14-19(34(31,32)29(2)3)17-10-7-11-26-22(17)23(18)33-25/h4-11,14-15,20,27H,12-13H2,1-3H3. The summed E-state index contributed by atoms with van der Waals surface area (Å²) in [7, 11) is -0.649. The summed E-state index contributed by atoms with van der Waals surface area (Å²) in [5, 5.41) is 4.05. The van der Waals surface area contributed by atoms with E-state index in [2.05, 4.69) is 34.3 Å². The van der Waals surface area contributed by atoms with E-state index in [4.69, 9.17) is 9.73 Å². The van der Waals surface area contributed by atoms with Crippen LogP contribution in [0.4, 0.5) is 0 Å². The van der Waals surface area contributed by atoms with Gasteiger partial charge >= 0.3 is 0 Å². The van der Waals surface area contributed by atoms with Crippen LogP contribution in [0.5, 0.6) is 5.75 Å². The van der Waals surface area contributed by atoms with Crippen LogP contribution < -0.4 is 10.1 Å². The van der Waals surface area contributed by atoms with Crippen molar-refractivity contribution in [3.05, 3.63) is 77.2 Å². The number of hydrogen-bond acceptors (Lipinski definition) is 7. The Morgan fingerprint density at radius 2 is 1.94 bits per heavy atom. The summed E-state index contributed by atoms with van der Waals surface area (Å²) in [6.45, 7) is 3.72. The fourth-order valence-corrected chi connectivity index (χ4v) is 6.18. The van der Waals surface area contributed by atoms with Gasteiger partial charge in [-0.2, -0.15) is 0 Å². The Bertz CT molecular complexity index is 1480. The minimum absolute atomic E-state index is 0.0608. The number of benzene rings is 2. The fraction of sp³-hybridized carbons (Fsp3) is 0.280. The summed E-state index contributed by atoms with van der Waals surface area (Å²) in [5.74, 6) is 1.85. The first-order valence-electron chi connectivity index (χ1n) is 11.3. The molecular formula is C25H25N5O3S. The average Bonchev–Trinajstić information content (AvgIpc) is 3.33. The molecule has 2 unspecified atom stereocenters. The zero-order valence-electron chi connectivity index (χ0n) is 19.2. The van der Waals surface area contributed by atoms with E-state index in [0.29, 0.717) is 22.6 Å². The maximum atomic E-state index is 13.4. The minimum atomic E-state index is -3.73. The van der Waals surface area contributed by atoms with E-state index >= 15 is 0 Å². The van der Waals surface area contributed by atoms with Crippen molar-refractivity contribution < 1.29 is 13.2 Å². The van der Waals surface area contributed by atoms with Crippen LogP contribution >= 0.6 is 0 Å². The lowest BCUT2D eigenvalue weighted by Crippen LogP contribution is -2.41. The van der Waals surface area contributed by atoms with Crippen molar-refractivity contribution >= 4 is 26.8 Å². The minimum Gasteiger partial charge on any atom is -0.436 e. The van der Waals surface area contributed by atoms with Gasteiger partial charge in [-0.25, -0.2) is 17.7 Å². The smallest absolute Gasteiger partial charge is 0.243 e. The highest BCUT2D eigenvalue weighted by molar-refractivity contribution is 7.89. The van der Waals surface area contributed by atoms with Gasteiger partial charge in [0.2, 0.25) is 15.9 Å². The third-order valence-corrected chi connectivity index (χ3v) is 8.56. The molecule has 4 heterocycles. The van der Waals surface area contributed by atoms with Gasteiger partial charge < -0.3 is 15.0 Å². The molecule has 3 aliphatic rings. The van der Waals surface area contributed by atoms with E-state index in [0.717, 1.165) is 35.6 Å². The second-order valence-corrected chi connectivity index (χ2v) is 11.0. The van der Waals surface area contributed by atoms with Crippen molar-refractivity contribution in [1.82, 2.24) is 19.5 Å². The lowest BCUT2D eigenvalue weighted by atomic mass is 9.81. The Morgan fingerprint density at radius 3 is 2.71 bits per heavy atom. The van der Waals surface area contributed by atoms with Crippen molar-refractivity contribution in [2.24, 2.45) is 4.99 Å². The molecule has 6 rings (SSSR count). The van der Waals surface area contributed by atoms with Crippen molar-refractivity contribution in [3.63, 3.8) is 0 Å². The molecule has 8 nitrogen and oxygen atoms in total. The highest BCUT2D eigenvalue weighted by atomic mass is 32.2. The number of sulfonamides is 1. The highest BCUT2D eigenvalue weighted by Gasteiger charge is 2.43. The first-order chi connectivity index (χ1) is 16.4. The van der Waals surface area contributed by atoms with Gasteiger partial charge in [-0.05, 0) is 30.7 Å². The maximum Gasteiger partial charge on any atom is 0.243 e. The Hall–Kier alpha value is -3.43. The highest BCUT2D eigenvalue weighted by Crippen LogP contribution is 2.49. The zero-order chi connectivity index (χ0) is 23.6. The van der Waals surface area contributed by atoms with Gasteiger partial charge in [0.05, 0.1) is 10.5 Å². The summed E-state index contributed by atoms with van der Waals surface area (Å²) in [6.07, 6.45) is 1.60. The maximum absolute atomic E-state index is 13.4. The second kappa shape index (κ2) is 7.54. The van der Waals surface area contributed by atoms with Crippen molar-refractivity contribution in [2.45, 2.75) is 23.9 Å². The van der Waals surface area contributed by atoms with Gasteiger partial charge in [-0.15, -0.1) is 0 Å². The van der Waals surface area contributed by atoms with Gasteiger partial charge in [-0.1, -0.05) is 30.3 Å². The molecule has 1 saturated heterocycles. The molecule has 1 N–H and O–H groups in total. The molecule has 2 aromatic carbocycles. The largest absolute Gasteiger partial charge is 0.436 e. The van der Waals surface area contributed by atoms with Crippen LogP contribution in [0, 0.1) is 0 Å². The molecule has 1 fully saturated rings. The molecule has 0 spiro atoms.